The van der Waals surface area contributed by atoms with Crippen molar-refractivity contribution in [3.8, 4) is 5.75 Å². The van der Waals surface area contributed by atoms with Crippen molar-refractivity contribution in [2.24, 2.45) is 0 Å². The second-order valence-corrected chi connectivity index (χ2v) is 15.0. The third-order valence-electron chi connectivity index (χ3n) is 7.33. The van der Waals surface area contributed by atoms with Gasteiger partial charge in [-0.2, -0.15) is 0 Å². The van der Waals surface area contributed by atoms with Crippen molar-refractivity contribution in [2.75, 3.05) is 0 Å². The Morgan fingerprint density at radius 3 is 1.98 bits per heavy atom. The normalized spacial score (nSPS) is 12.0. The number of phenols is 1. The van der Waals surface area contributed by atoms with Gasteiger partial charge >= 0.3 is 232 Å². The fourth-order valence-electron chi connectivity index (χ4n) is 4.73. The summed E-state index contributed by atoms with van der Waals surface area (Å²) in [7, 11) is 0. The van der Waals surface area contributed by atoms with Gasteiger partial charge in [-0.3, -0.25) is 0 Å². The van der Waals surface area contributed by atoms with Crippen LogP contribution in [0.15, 0.2) is 91.0 Å². The number of aromatic carboxylic acids is 1. The van der Waals surface area contributed by atoms with Crippen LogP contribution in [0.25, 0.3) is 0 Å². The topological polar surface area (TPSA) is 104 Å². The number of nitrogens with one attached hydrogen (secondary N) is 1. The molecule has 4 aromatic carbocycles. The van der Waals surface area contributed by atoms with Gasteiger partial charge < -0.3 is 0 Å². The van der Waals surface area contributed by atoms with Crippen molar-refractivity contribution in [1.29, 1.82) is 0 Å². The first kappa shape index (κ1) is 33.5. The van der Waals surface area contributed by atoms with Crippen LogP contribution >= 0.6 is 0 Å². The monoisotopic (exact) mass is 679 g/mol. The van der Waals surface area contributed by atoms with E-state index in [-0.39, 0.29) is 26.8 Å². The van der Waals surface area contributed by atoms with Crippen LogP contribution in [0.4, 0.5) is 13.2 Å². The van der Waals surface area contributed by atoms with Crippen molar-refractivity contribution in [2.45, 2.75) is 50.5 Å². The zero-order chi connectivity index (χ0) is 32.6. The number of hydrogen-bond donors (Lipinski definition) is 3. The Morgan fingerprint density at radius 1 is 0.778 bits per heavy atom. The average Bonchev–Trinajstić information content (AvgIpc) is 3.03. The van der Waals surface area contributed by atoms with E-state index in [1.54, 1.807) is 24.3 Å². The maximum atomic E-state index is 13.7. The number of halogens is 3. The summed E-state index contributed by atoms with van der Waals surface area (Å²) in [6.45, 7) is 2.53. The molecular formula is C35H33AsF3NO5. The summed E-state index contributed by atoms with van der Waals surface area (Å²) in [4.78, 5) is 38.2. The number of rotatable bonds is 13. The second-order valence-electron chi connectivity index (χ2n) is 10.6. The van der Waals surface area contributed by atoms with Crippen LogP contribution in [-0.4, -0.2) is 41.3 Å². The maximum absolute atomic E-state index is 13.7. The number of carboxylic acids is 1. The molecule has 0 saturated carbocycles. The Labute approximate surface area is 264 Å². The number of benzene rings is 4. The molecule has 0 radical (unpaired) electrons. The standard InChI is InChI=1S/C35H33AsF3NO5/c1-2-3-4-5-23-6-8-25(9-7-23)22-40-33(43)27-12-10-24(11-13-27)21-36(29-18-19-31(41)30(20-29)34(44)45)32(42)26-14-16-28(17-15-26)35(37,38)39/h6-20,41H,2-5,21-22H2,1H3,(H,40,43)(H,44,45). The minimum atomic E-state index is -4.56. The Morgan fingerprint density at radius 2 is 1.38 bits per heavy atom. The van der Waals surface area contributed by atoms with E-state index in [4.69, 9.17) is 0 Å². The number of carbonyl (C=O) groups is 3. The summed E-state index contributed by atoms with van der Waals surface area (Å²) >= 11 is -2.88. The van der Waals surface area contributed by atoms with Gasteiger partial charge in [-0.15, -0.1) is 0 Å². The van der Waals surface area contributed by atoms with Gasteiger partial charge in [0.25, 0.3) is 0 Å². The van der Waals surface area contributed by atoms with Gasteiger partial charge in [0.05, 0.1) is 0 Å². The molecule has 4 rings (SSSR count). The van der Waals surface area contributed by atoms with Gasteiger partial charge in [-0.1, -0.05) is 19.8 Å². The van der Waals surface area contributed by atoms with Gasteiger partial charge in [0.1, 0.15) is 0 Å². The predicted molar refractivity (Wildman–Crippen MR) is 167 cm³/mol. The molecule has 0 fully saturated rings. The van der Waals surface area contributed by atoms with Crippen LogP contribution in [-0.2, 0) is 24.4 Å². The second kappa shape index (κ2) is 15.1. The number of unbranched alkanes of at least 4 members (excludes halogenated alkanes) is 2. The molecule has 0 aliphatic heterocycles. The zero-order valence-electron chi connectivity index (χ0n) is 24.6. The Hall–Kier alpha value is -4.36. The molecule has 0 saturated heterocycles. The fraction of sp³-hybridized carbons (Fsp3) is 0.229. The average molecular weight is 680 g/mol. The van der Waals surface area contributed by atoms with Crippen molar-refractivity contribution in [3.63, 3.8) is 0 Å². The number of aromatic hydroxyl groups is 1. The predicted octanol–water partition coefficient (Wildman–Crippen LogP) is 6.68. The molecule has 1 atom stereocenters. The molecule has 234 valence electrons. The number of aryl methyl sites for hydroxylation is 1. The molecular weight excluding hydrogens is 646 g/mol. The van der Waals surface area contributed by atoms with Crippen molar-refractivity contribution in [1.82, 2.24) is 5.32 Å². The van der Waals surface area contributed by atoms with Crippen LogP contribution < -0.4 is 9.67 Å². The Bertz CT molecular complexity index is 1640. The van der Waals surface area contributed by atoms with E-state index >= 15 is 0 Å². The van der Waals surface area contributed by atoms with Crippen LogP contribution in [0.3, 0.4) is 0 Å². The van der Waals surface area contributed by atoms with Crippen LogP contribution in [0, 0.1) is 0 Å². The van der Waals surface area contributed by atoms with E-state index in [0.29, 0.717) is 22.0 Å². The summed E-state index contributed by atoms with van der Waals surface area (Å²) in [6.07, 6.45) is -0.0233. The first-order chi connectivity index (χ1) is 21.5. The van der Waals surface area contributed by atoms with E-state index in [1.165, 1.54) is 36.6 Å². The third-order valence-corrected chi connectivity index (χ3v) is 12.2. The number of alkyl halides is 3. The van der Waals surface area contributed by atoms with Crippen LogP contribution in [0.5, 0.6) is 5.75 Å². The van der Waals surface area contributed by atoms with Crippen LogP contribution in [0.2, 0.25) is 0 Å². The fourth-order valence-corrected chi connectivity index (χ4v) is 9.22. The molecule has 6 nitrogen and oxygen atoms in total. The quantitative estimate of drug-likeness (QED) is 0.108. The number of hydrogen-bond acceptors (Lipinski definition) is 4. The van der Waals surface area contributed by atoms with Gasteiger partial charge in [0, 0.05) is 0 Å². The molecule has 3 N–H and O–H groups in total. The van der Waals surface area contributed by atoms with E-state index in [1.807, 2.05) is 12.1 Å². The summed E-state index contributed by atoms with van der Waals surface area (Å²) < 4.78 is 39.3. The van der Waals surface area contributed by atoms with E-state index in [0.717, 1.165) is 42.7 Å². The van der Waals surface area contributed by atoms with E-state index in [2.05, 4.69) is 24.4 Å². The summed E-state index contributed by atoms with van der Waals surface area (Å²) in [6, 6.07) is 22.7. The molecule has 10 heteroatoms. The molecule has 0 aromatic heterocycles. The molecule has 0 heterocycles. The number of amides is 1. The molecule has 0 aliphatic carbocycles. The number of carboxylic acid groups (broad SMARTS) is 1. The zero-order valence-corrected chi connectivity index (χ0v) is 26.5. The molecule has 45 heavy (non-hydrogen) atoms. The molecule has 0 aliphatic rings. The molecule has 1 amide bonds. The van der Waals surface area contributed by atoms with E-state index < -0.39 is 38.1 Å². The molecule has 1 unspecified atom stereocenters. The Kier molecular flexibility index (Phi) is 11.2. The van der Waals surface area contributed by atoms with Crippen LogP contribution in [0.1, 0.15) is 79.5 Å². The molecule has 4 aromatic rings. The third kappa shape index (κ3) is 9.08. The SMILES string of the molecule is CCCCCc1ccc(CNC(=O)c2ccc(C[As](C(=O)c3ccc(C(F)(F)F)cc3)c3ccc(O)c(C(=O)O)c3)cc2)cc1. The van der Waals surface area contributed by atoms with E-state index in [9.17, 15) is 37.8 Å². The Balaban J connectivity index is 1.49. The first-order valence-electron chi connectivity index (χ1n) is 14.5. The molecule has 0 bridgehead atoms. The summed E-state index contributed by atoms with van der Waals surface area (Å²) in [5.74, 6) is -2.10. The minimum absolute atomic E-state index is 0.0814. The summed E-state index contributed by atoms with van der Waals surface area (Å²) in [5.41, 5.74) is 2.19. The van der Waals surface area contributed by atoms with Crippen molar-refractivity contribution >= 4 is 35.5 Å². The van der Waals surface area contributed by atoms with Gasteiger partial charge in [-0.25, -0.2) is 0 Å². The van der Waals surface area contributed by atoms with Gasteiger partial charge in [-0.05, 0) is 12.8 Å². The molecule has 0 spiro atoms. The first-order valence-corrected chi connectivity index (χ1v) is 17.7. The van der Waals surface area contributed by atoms with Crippen molar-refractivity contribution in [3.05, 3.63) is 130 Å². The summed E-state index contributed by atoms with van der Waals surface area (Å²) in [5, 5.41) is 22.6. The number of carbonyl (C=O) groups excluding carboxylic acids is 2. The van der Waals surface area contributed by atoms with Gasteiger partial charge in [0.2, 0.25) is 0 Å². The van der Waals surface area contributed by atoms with Crippen molar-refractivity contribution < 1.29 is 37.8 Å². The van der Waals surface area contributed by atoms with Gasteiger partial charge in [0.15, 0.2) is 0 Å².